The molecule has 29 heavy (non-hydrogen) atoms. The van der Waals surface area contributed by atoms with Crippen LogP contribution in [0.2, 0.25) is 15.1 Å². The van der Waals surface area contributed by atoms with Gasteiger partial charge < -0.3 is 10.6 Å². The summed E-state index contributed by atoms with van der Waals surface area (Å²) in [5.74, 6) is 0.490. The first kappa shape index (κ1) is 21.9. The third-order valence-electron chi connectivity index (χ3n) is 4.31. The Labute approximate surface area is 191 Å². The minimum absolute atomic E-state index is 0.424. The maximum atomic E-state index is 6.30. The molecule has 0 aliphatic carbocycles. The Morgan fingerprint density at radius 3 is 2.38 bits per heavy atom. The maximum Gasteiger partial charge on any atom is 0.176 e. The lowest BCUT2D eigenvalue weighted by atomic mass is 10.1. The molecule has 1 aromatic heterocycles. The Bertz CT molecular complexity index is 986. The van der Waals surface area contributed by atoms with Crippen molar-refractivity contribution in [2.75, 3.05) is 10.6 Å². The summed E-state index contributed by atoms with van der Waals surface area (Å²) in [6.45, 7) is 2.70. The molecule has 3 aromatic rings. The highest BCUT2D eigenvalue weighted by atomic mass is 35.5. The average Bonchev–Trinajstić information content (AvgIpc) is 3.03. The van der Waals surface area contributed by atoms with E-state index in [1.807, 2.05) is 24.3 Å². The lowest BCUT2D eigenvalue weighted by Crippen LogP contribution is -2.19. The Morgan fingerprint density at radius 1 is 0.966 bits per heavy atom. The number of aromatic nitrogens is 2. The normalized spacial score (nSPS) is 10.8. The van der Waals surface area contributed by atoms with Crippen LogP contribution in [0.25, 0.3) is 0 Å². The van der Waals surface area contributed by atoms with Crippen molar-refractivity contribution in [2.24, 2.45) is 0 Å². The predicted octanol–water partition coefficient (Wildman–Crippen LogP) is 7.04. The number of unbranched alkanes of at least 4 members (excludes halogenated alkanes) is 1. The molecule has 152 valence electrons. The fraction of sp³-hybridized carbons (Fsp3) is 0.238. The first-order valence-electron chi connectivity index (χ1n) is 9.28. The van der Waals surface area contributed by atoms with E-state index in [0.717, 1.165) is 17.7 Å². The lowest BCUT2D eigenvalue weighted by Gasteiger charge is -2.10. The van der Waals surface area contributed by atoms with Crippen molar-refractivity contribution >= 4 is 63.6 Å². The number of halogens is 3. The van der Waals surface area contributed by atoms with Crippen molar-refractivity contribution in [3.8, 4) is 0 Å². The molecular weight excluding hydrogens is 447 g/mol. The molecule has 0 saturated carbocycles. The van der Waals surface area contributed by atoms with Crippen LogP contribution >= 0.6 is 47.0 Å². The van der Waals surface area contributed by atoms with E-state index in [4.69, 9.17) is 47.0 Å². The third kappa shape index (κ3) is 6.34. The summed E-state index contributed by atoms with van der Waals surface area (Å²) in [5, 5.41) is 12.6. The lowest BCUT2D eigenvalue weighted by molar-refractivity contribution is 0.690. The van der Waals surface area contributed by atoms with Crippen molar-refractivity contribution in [2.45, 2.75) is 32.7 Å². The van der Waals surface area contributed by atoms with Gasteiger partial charge in [0.15, 0.2) is 10.9 Å². The summed E-state index contributed by atoms with van der Waals surface area (Å²) >= 11 is 23.7. The highest BCUT2D eigenvalue weighted by Gasteiger charge is 2.10. The molecule has 0 atom stereocenters. The molecule has 0 fully saturated rings. The Morgan fingerprint density at radius 2 is 1.69 bits per heavy atom. The maximum absolute atomic E-state index is 6.30. The largest absolute Gasteiger partial charge is 0.332 e. The van der Waals surface area contributed by atoms with Crippen molar-refractivity contribution in [3.63, 3.8) is 0 Å². The zero-order valence-electron chi connectivity index (χ0n) is 15.9. The van der Waals surface area contributed by atoms with Crippen LogP contribution < -0.4 is 10.6 Å². The van der Waals surface area contributed by atoms with Gasteiger partial charge in [0.25, 0.3) is 0 Å². The molecule has 0 saturated heterocycles. The van der Waals surface area contributed by atoms with Gasteiger partial charge in [0.1, 0.15) is 5.02 Å². The average molecular weight is 468 g/mol. The molecule has 0 radical (unpaired) electrons. The van der Waals surface area contributed by atoms with E-state index in [1.54, 1.807) is 16.9 Å². The standard InChI is InChI=1S/C21H21Cl3N4S/c1-2-3-4-14-5-8-16(9-6-14)25-21(29)26-20-19(24)13-28(27-20)12-15-7-10-17(22)18(23)11-15/h5-11,13H,2-4,12H2,1H3,(H2,25,26,27,29). The number of aryl methyl sites for hydroxylation is 1. The summed E-state index contributed by atoms with van der Waals surface area (Å²) in [6, 6.07) is 13.7. The van der Waals surface area contributed by atoms with E-state index in [1.165, 1.54) is 18.4 Å². The monoisotopic (exact) mass is 466 g/mol. The SMILES string of the molecule is CCCCc1ccc(NC(=S)Nc2nn(Cc3ccc(Cl)c(Cl)c3)cc2Cl)cc1. The Balaban J connectivity index is 1.59. The zero-order chi connectivity index (χ0) is 20.8. The van der Waals surface area contributed by atoms with E-state index in [9.17, 15) is 0 Å². The number of anilines is 2. The van der Waals surface area contributed by atoms with E-state index in [0.29, 0.717) is 32.5 Å². The number of thiocarbonyl (C=S) groups is 1. The van der Waals surface area contributed by atoms with Crippen LogP contribution in [-0.4, -0.2) is 14.9 Å². The van der Waals surface area contributed by atoms with Gasteiger partial charge in [-0.15, -0.1) is 0 Å². The van der Waals surface area contributed by atoms with Crippen LogP contribution in [0.5, 0.6) is 0 Å². The number of hydrogen-bond acceptors (Lipinski definition) is 2. The molecule has 0 aliphatic rings. The number of nitrogens with zero attached hydrogens (tertiary/aromatic N) is 2. The molecule has 3 rings (SSSR count). The summed E-state index contributed by atoms with van der Waals surface area (Å²) < 4.78 is 1.72. The second-order valence-corrected chi connectivity index (χ2v) is 8.28. The smallest absolute Gasteiger partial charge is 0.176 e. The fourth-order valence-corrected chi connectivity index (χ4v) is 3.53. The summed E-state index contributed by atoms with van der Waals surface area (Å²) in [5.41, 5.74) is 3.20. The van der Waals surface area contributed by atoms with Gasteiger partial charge in [0, 0.05) is 11.9 Å². The molecule has 8 heteroatoms. The molecular formula is C21H21Cl3N4S. The first-order valence-corrected chi connectivity index (χ1v) is 10.8. The van der Waals surface area contributed by atoms with Crippen LogP contribution in [0.4, 0.5) is 11.5 Å². The minimum atomic E-state index is 0.424. The summed E-state index contributed by atoms with van der Waals surface area (Å²) in [7, 11) is 0. The molecule has 4 nitrogen and oxygen atoms in total. The van der Waals surface area contributed by atoms with E-state index < -0.39 is 0 Å². The summed E-state index contributed by atoms with van der Waals surface area (Å²) in [4.78, 5) is 0. The van der Waals surface area contributed by atoms with Crippen LogP contribution in [0.3, 0.4) is 0 Å². The van der Waals surface area contributed by atoms with E-state index in [-0.39, 0.29) is 0 Å². The van der Waals surface area contributed by atoms with Crippen molar-refractivity contribution in [1.82, 2.24) is 9.78 Å². The second kappa shape index (κ2) is 10.3. The third-order valence-corrected chi connectivity index (χ3v) is 5.53. The van der Waals surface area contributed by atoms with Crippen LogP contribution in [0.1, 0.15) is 30.9 Å². The number of benzene rings is 2. The molecule has 0 unspecified atom stereocenters. The van der Waals surface area contributed by atoms with Crippen molar-refractivity contribution < 1.29 is 0 Å². The van der Waals surface area contributed by atoms with Gasteiger partial charge in [0.05, 0.1) is 16.6 Å². The topological polar surface area (TPSA) is 41.9 Å². The number of nitrogens with one attached hydrogen (secondary N) is 2. The zero-order valence-corrected chi connectivity index (χ0v) is 19.0. The van der Waals surface area contributed by atoms with E-state index >= 15 is 0 Å². The van der Waals surface area contributed by atoms with E-state index in [2.05, 4.69) is 34.8 Å². The fourth-order valence-electron chi connectivity index (χ4n) is 2.79. The molecule has 2 N–H and O–H groups in total. The molecule has 0 spiro atoms. The Kier molecular flexibility index (Phi) is 7.78. The van der Waals surface area contributed by atoms with Gasteiger partial charge in [-0.05, 0) is 60.5 Å². The van der Waals surface area contributed by atoms with Gasteiger partial charge in [-0.25, -0.2) is 0 Å². The minimum Gasteiger partial charge on any atom is -0.332 e. The van der Waals surface area contributed by atoms with Crippen LogP contribution in [-0.2, 0) is 13.0 Å². The molecule has 0 bridgehead atoms. The molecule has 1 heterocycles. The van der Waals surface area contributed by atoms with Crippen LogP contribution in [0.15, 0.2) is 48.7 Å². The van der Waals surface area contributed by atoms with Gasteiger partial charge >= 0.3 is 0 Å². The van der Waals surface area contributed by atoms with Crippen molar-refractivity contribution in [3.05, 3.63) is 74.9 Å². The Hall–Kier alpha value is -1.79. The van der Waals surface area contributed by atoms with Gasteiger partial charge in [0.2, 0.25) is 0 Å². The summed E-state index contributed by atoms with van der Waals surface area (Å²) in [6.07, 6.45) is 5.20. The van der Waals surface area contributed by atoms with Crippen molar-refractivity contribution in [1.29, 1.82) is 0 Å². The number of hydrogen-bond donors (Lipinski definition) is 2. The van der Waals surface area contributed by atoms with Gasteiger partial charge in [-0.1, -0.05) is 66.3 Å². The number of rotatable bonds is 7. The molecule has 0 amide bonds. The van der Waals surface area contributed by atoms with Gasteiger partial charge in [-0.2, -0.15) is 5.10 Å². The van der Waals surface area contributed by atoms with Gasteiger partial charge in [-0.3, -0.25) is 4.68 Å². The highest BCUT2D eigenvalue weighted by Crippen LogP contribution is 2.24. The highest BCUT2D eigenvalue weighted by molar-refractivity contribution is 7.80. The van der Waals surface area contributed by atoms with Crippen LogP contribution in [0, 0.1) is 0 Å². The quantitative estimate of drug-likeness (QED) is 0.365. The molecule has 2 aromatic carbocycles. The predicted molar refractivity (Wildman–Crippen MR) is 128 cm³/mol. The second-order valence-electron chi connectivity index (χ2n) is 6.65. The molecule has 0 aliphatic heterocycles. The first-order chi connectivity index (χ1) is 13.9.